The van der Waals surface area contributed by atoms with Crippen LogP contribution in [0.4, 0.5) is 10.1 Å². The van der Waals surface area contributed by atoms with E-state index >= 15 is 0 Å². The van der Waals surface area contributed by atoms with E-state index in [0.29, 0.717) is 34.2 Å². The van der Waals surface area contributed by atoms with E-state index < -0.39 is 5.82 Å². The van der Waals surface area contributed by atoms with E-state index in [0.717, 1.165) is 5.56 Å². The van der Waals surface area contributed by atoms with Crippen LogP contribution < -0.4 is 19.1 Å². The molecule has 0 saturated carbocycles. The van der Waals surface area contributed by atoms with Crippen molar-refractivity contribution in [2.24, 2.45) is 0 Å². The zero-order chi connectivity index (χ0) is 23.9. The Balaban J connectivity index is 1.81. The molecule has 4 aromatic carbocycles. The number of ether oxygens (including phenoxy) is 3. The van der Waals surface area contributed by atoms with Crippen molar-refractivity contribution < 1.29 is 23.4 Å². The van der Waals surface area contributed by atoms with Gasteiger partial charge in [0.2, 0.25) is 0 Å². The van der Waals surface area contributed by atoms with Crippen molar-refractivity contribution in [3.05, 3.63) is 114 Å². The Hall–Kier alpha value is -4.32. The summed E-state index contributed by atoms with van der Waals surface area (Å²) >= 11 is 0. The summed E-state index contributed by atoms with van der Waals surface area (Å²) in [6.45, 7) is 0.121. The number of rotatable bonds is 8. The second kappa shape index (κ2) is 10.5. The van der Waals surface area contributed by atoms with Gasteiger partial charge in [0.25, 0.3) is 5.91 Å². The molecule has 6 heteroatoms. The van der Waals surface area contributed by atoms with Crippen LogP contribution in [0.25, 0.3) is 0 Å². The molecule has 0 heterocycles. The number of amides is 1. The fraction of sp³-hybridized carbons (Fsp3) is 0.107. The Bertz CT molecular complexity index is 1260. The fourth-order valence-electron chi connectivity index (χ4n) is 3.56. The van der Waals surface area contributed by atoms with Crippen LogP contribution in [0, 0.1) is 5.82 Å². The van der Waals surface area contributed by atoms with Crippen molar-refractivity contribution >= 4 is 11.6 Å². The lowest BCUT2D eigenvalue weighted by atomic mass is 10.1. The molecule has 5 nitrogen and oxygen atoms in total. The van der Waals surface area contributed by atoms with Crippen LogP contribution in [-0.2, 0) is 6.54 Å². The molecular formula is C28H24FNO4. The highest BCUT2D eigenvalue weighted by atomic mass is 19.1. The lowest BCUT2D eigenvalue weighted by Crippen LogP contribution is -2.31. The van der Waals surface area contributed by atoms with Crippen molar-refractivity contribution in [1.82, 2.24) is 0 Å². The predicted molar refractivity (Wildman–Crippen MR) is 129 cm³/mol. The summed E-state index contributed by atoms with van der Waals surface area (Å²) in [7, 11) is 3.12. The SMILES string of the molecule is COc1ccc(CN(C(=O)c2ccccc2)c2cc(F)ccc2Oc2ccccc2)c(OC)c1. The molecule has 0 N–H and O–H groups in total. The van der Waals surface area contributed by atoms with Crippen molar-refractivity contribution in [3.63, 3.8) is 0 Å². The number of nitrogens with zero attached hydrogens (tertiary/aromatic N) is 1. The Morgan fingerprint density at radius 1 is 0.765 bits per heavy atom. The van der Waals surface area contributed by atoms with Crippen molar-refractivity contribution in [1.29, 1.82) is 0 Å². The second-order valence-corrected chi connectivity index (χ2v) is 7.46. The van der Waals surface area contributed by atoms with E-state index in [4.69, 9.17) is 14.2 Å². The molecule has 0 aromatic heterocycles. The third-order valence-corrected chi connectivity index (χ3v) is 5.27. The molecule has 0 bridgehead atoms. The topological polar surface area (TPSA) is 48.0 Å². The summed E-state index contributed by atoms with van der Waals surface area (Å²) in [4.78, 5) is 15.2. The van der Waals surface area contributed by atoms with E-state index in [1.165, 1.54) is 23.1 Å². The van der Waals surface area contributed by atoms with E-state index in [1.54, 1.807) is 62.8 Å². The molecule has 0 unspecified atom stereocenters. The van der Waals surface area contributed by atoms with Crippen LogP contribution in [0.3, 0.4) is 0 Å². The normalized spacial score (nSPS) is 10.4. The molecule has 0 fully saturated rings. The molecule has 0 aliphatic heterocycles. The lowest BCUT2D eigenvalue weighted by Gasteiger charge is -2.26. The van der Waals surface area contributed by atoms with Crippen LogP contribution in [0.15, 0.2) is 97.1 Å². The second-order valence-electron chi connectivity index (χ2n) is 7.46. The summed E-state index contributed by atoms with van der Waals surface area (Å²) in [6, 6.07) is 27.5. The van der Waals surface area contributed by atoms with Crippen molar-refractivity contribution in [2.45, 2.75) is 6.54 Å². The van der Waals surface area contributed by atoms with Gasteiger partial charge in [-0.1, -0.05) is 36.4 Å². The Kier molecular flexibility index (Phi) is 7.08. The molecule has 0 atom stereocenters. The average molecular weight is 458 g/mol. The monoisotopic (exact) mass is 457 g/mol. The number of hydrogen-bond acceptors (Lipinski definition) is 4. The first kappa shape index (κ1) is 22.9. The number of anilines is 1. The van der Waals surface area contributed by atoms with Gasteiger partial charge in [-0.2, -0.15) is 0 Å². The molecule has 172 valence electrons. The first-order valence-electron chi connectivity index (χ1n) is 10.7. The standard InChI is InChI=1S/C28H24FNO4/c1-32-24-15-13-21(27(18-24)33-2)19-30(28(31)20-9-5-3-6-10-20)25-17-22(29)14-16-26(25)34-23-11-7-4-8-12-23/h3-18H,19H2,1-2H3. The molecule has 4 rings (SSSR count). The largest absolute Gasteiger partial charge is 0.497 e. The number of methoxy groups -OCH3 is 2. The maximum absolute atomic E-state index is 14.5. The Morgan fingerprint density at radius 2 is 1.47 bits per heavy atom. The fourth-order valence-corrected chi connectivity index (χ4v) is 3.56. The number of benzene rings is 4. The van der Waals surface area contributed by atoms with E-state index in [1.807, 2.05) is 30.3 Å². The van der Waals surface area contributed by atoms with Crippen molar-refractivity contribution in [2.75, 3.05) is 19.1 Å². The quantitative estimate of drug-likeness (QED) is 0.304. The van der Waals surface area contributed by atoms with E-state index in [9.17, 15) is 9.18 Å². The zero-order valence-corrected chi connectivity index (χ0v) is 18.9. The molecule has 0 radical (unpaired) electrons. The van der Waals surface area contributed by atoms with Gasteiger partial charge in [-0.25, -0.2) is 4.39 Å². The third kappa shape index (κ3) is 5.18. The maximum atomic E-state index is 14.5. The van der Waals surface area contributed by atoms with Gasteiger partial charge in [0.15, 0.2) is 5.75 Å². The summed E-state index contributed by atoms with van der Waals surface area (Å²) < 4.78 is 31.3. The van der Waals surface area contributed by atoms with Crippen LogP contribution >= 0.6 is 0 Å². The first-order chi connectivity index (χ1) is 16.6. The van der Waals surface area contributed by atoms with Crippen LogP contribution in [0.2, 0.25) is 0 Å². The highest BCUT2D eigenvalue weighted by molar-refractivity contribution is 6.06. The summed E-state index contributed by atoms with van der Waals surface area (Å²) in [5.41, 5.74) is 1.49. The molecule has 0 aliphatic rings. The molecule has 0 saturated heterocycles. The minimum absolute atomic E-state index is 0.121. The maximum Gasteiger partial charge on any atom is 0.258 e. The number of para-hydroxylation sites is 1. The van der Waals surface area contributed by atoms with Gasteiger partial charge < -0.3 is 19.1 Å². The molecule has 0 aliphatic carbocycles. The lowest BCUT2D eigenvalue weighted by molar-refractivity contribution is 0.0984. The van der Waals surface area contributed by atoms with Crippen LogP contribution in [-0.4, -0.2) is 20.1 Å². The van der Waals surface area contributed by atoms with Gasteiger partial charge in [0, 0.05) is 23.3 Å². The number of halogens is 1. The molecule has 4 aromatic rings. The van der Waals surface area contributed by atoms with Gasteiger partial charge in [0.1, 0.15) is 23.1 Å². The third-order valence-electron chi connectivity index (χ3n) is 5.27. The zero-order valence-electron chi connectivity index (χ0n) is 18.9. The minimum Gasteiger partial charge on any atom is -0.497 e. The molecule has 0 spiro atoms. The van der Waals surface area contributed by atoms with Gasteiger partial charge in [-0.05, 0) is 48.5 Å². The van der Waals surface area contributed by atoms with Gasteiger partial charge in [0.05, 0.1) is 26.5 Å². The smallest absolute Gasteiger partial charge is 0.258 e. The number of hydrogen-bond donors (Lipinski definition) is 0. The number of carbonyl (C=O) groups is 1. The summed E-state index contributed by atoms with van der Waals surface area (Å²) in [5, 5.41) is 0. The predicted octanol–water partition coefficient (Wildman–Crippen LogP) is 6.48. The first-order valence-corrected chi connectivity index (χ1v) is 10.7. The molecule has 34 heavy (non-hydrogen) atoms. The molecular weight excluding hydrogens is 433 g/mol. The van der Waals surface area contributed by atoms with Crippen LogP contribution in [0.1, 0.15) is 15.9 Å². The van der Waals surface area contributed by atoms with Gasteiger partial charge in [-0.3, -0.25) is 4.79 Å². The van der Waals surface area contributed by atoms with Crippen molar-refractivity contribution in [3.8, 4) is 23.0 Å². The minimum atomic E-state index is -0.483. The number of carbonyl (C=O) groups excluding carboxylic acids is 1. The van der Waals surface area contributed by atoms with E-state index in [-0.39, 0.29) is 12.5 Å². The Morgan fingerprint density at radius 3 is 2.15 bits per heavy atom. The Labute approximate surface area is 197 Å². The van der Waals surface area contributed by atoms with Gasteiger partial charge >= 0.3 is 0 Å². The summed E-state index contributed by atoms with van der Waals surface area (Å²) in [5.74, 6) is 1.31. The van der Waals surface area contributed by atoms with Gasteiger partial charge in [-0.15, -0.1) is 0 Å². The molecule has 1 amide bonds. The summed E-state index contributed by atoms with van der Waals surface area (Å²) in [6.07, 6.45) is 0. The highest BCUT2D eigenvalue weighted by Crippen LogP contribution is 2.36. The van der Waals surface area contributed by atoms with Crippen LogP contribution in [0.5, 0.6) is 23.0 Å². The van der Waals surface area contributed by atoms with E-state index in [2.05, 4.69) is 0 Å². The average Bonchev–Trinajstić information content (AvgIpc) is 2.89. The highest BCUT2D eigenvalue weighted by Gasteiger charge is 2.24.